The van der Waals surface area contributed by atoms with Crippen LogP contribution in [0.1, 0.15) is 36.9 Å². The van der Waals surface area contributed by atoms with Gasteiger partial charge in [0.1, 0.15) is 5.75 Å². The lowest BCUT2D eigenvalue weighted by Crippen LogP contribution is -2.28. The molecule has 25 heavy (non-hydrogen) atoms. The number of carbonyl (C=O) groups excluding carboxylic acids is 1. The number of hydrogen-bond acceptors (Lipinski definition) is 4. The van der Waals surface area contributed by atoms with Crippen molar-refractivity contribution in [3.8, 4) is 17.2 Å². The number of rotatable bonds is 7. The van der Waals surface area contributed by atoms with E-state index >= 15 is 0 Å². The molecule has 3 rings (SSSR count). The molecule has 1 amide bonds. The second kappa shape index (κ2) is 7.92. The lowest BCUT2D eigenvalue weighted by atomic mass is 10.0. The van der Waals surface area contributed by atoms with E-state index in [9.17, 15) is 4.79 Å². The summed E-state index contributed by atoms with van der Waals surface area (Å²) in [5.74, 6) is 2.37. The molecule has 2 aromatic carbocycles. The molecule has 1 N–H and O–H groups in total. The van der Waals surface area contributed by atoms with Crippen LogP contribution in [0, 0.1) is 0 Å². The van der Waals surface area contributed by atoms with Crippen LogP contribution in [0.2, 0.25) is 0 Å². The average Bonchev–Trinajstić information content (AvgIpc) is 3.12. The van der Waals surface area contributed by atoms with Gasteiger partial charge >= 0.3 is 0 Å². The fourth-order valence-electron chi connectivity index (χ4n) is 2.88. The predicted octanol–water partition coefficient (Wildman–Crippen LogP) is 3.62. The zero-order valence-corrected chi connectivity index (χ0v) is 14.6. The maximum atomic E-state index is 12.3. The summed E-state index contributed by atoms with van der Waals surface area (Å²) in [6, 6.07) is 13.6. The molecule has 0 unspecified atom stereocenters. The van der Waals surface area contributed by atoms with Gasteiger partial charge < -0.3 is 19.5 Å². The van der Waals surface area contributed by atoms with E-state index in [0.717, 1.165) is 34.8 Å². The fourth-order valence-corrected chi connectivity index (χ4v) is 2.88. The number of carbonyl (C=O) groups is 1. The Morgan fingerprint density at radius 3 is 2.64 bits per heavy atom. The molecule has 0 saturated heterocycles. The van der Waals surface area contributed by atoms with Gasteiger partial charge in [-0.2, -0.15) is 0 Å². The summed E-state index contributed by atoms with van der Waals surface area (Å²) in [6.45, 7) is 2.33. The number of fused-ring (bicyclic) bond motifs is 1. The molecular formula is C20H23NO4. The van der Waals surface area contributed by atoms with Crippen LogP contribution in [-0.2, 0) is 11.2 Å². The Bertz CT molecular complexity index is 727. The number of ether oxygens (including phenoxy) is 3. The fraction of sp³-hybridized carbons (Fsp3) is 0.350. The first-order valence-corrected chi connectivity index (χ1v) is 8.51. The molecule has 0 aliphatic carbocycles. The minimum atomic E-state index is 0.00941. The van der Waals surface area contributed by atoms with Gasteiger partial charge in [-0.15, -0.1) is 0 Å². The van der Waals surface area contributed by atoms with E-state index in [2.05, 4.69) is 12.2 Å². The number of aryl methyl sites for hydroxylation is 1. The molecule has 0 fully saturated rings. The standard InChI is InChI=1S/C20H23NO4/c1-3-17(15-6-8-16(23-2)9-7-15)21-20(22)11-5-14-4-10-18-19(12-14)25-13-24-18/h4,6-10,12,17H,3,5,11,13H2,1-2H3,(H,21,22)/t17-/m1/s1. The first-order chi connectivity index (χ1) is 12.2. The SMILES string of the molecule is CC[C@@H](NC(=O)CCc1ccc2c(c1)OCO2)c1ccc(OC)cc1. The van der Waals surface area contributed by atoms with Gasteiger partial charge in [-0.1, -0.05) is 25.1 Å². The Labute approximate surface area is 147 Å². The summed E-state index contributed by atoms with van der Waals surface area (Å²) in [5.41, 5.74) is 2.15. The summed E-state index contributed by atoms with van der Waals surface area (Å²) in [5, 5.41) is 3.11. The molecule has 0 bridgehead atoms. The van der Waals surface area contributed by atoms with Crippen molar-refractivity contribution in [2.75, 3.05) is 13.9 Å². The highest BCUT2D eigenvalue weighted by Gasteiger charge is 2.15. The summed E-state index contributed by atoms with van der Waals surface area (Å²) < 4.78 is 15.8. The molecule has 5 heteroatoms. The molecule has 0 spiro atoms. The van der Waals surface area contributed by atoms with Gasteiger partial charge in [0.2, 0.25) is 12.7 Å². The van der Waals surface area contributed by atoms with Crippen LogP contribution in [0.25, 0.3) is 0 Å². The minimum absolute atomic E-state index is 0.00941. The monoisotopic (exact) mass is 341 g/mol. The number of methoxy groups -OCH3 is 1. The van der Waals surface area contributed by atoms with E-state index in [1.165, 1.54) is 0 Å². The Balaban J connectivity index is 1.55. The highest BCUT2D eigenvalue weighted by Crippen LogP contribution is 2.32. The zero-order valence-electron chi connectivity index (χ0n) is 14.6. The minimum Gasteiger partial charge on any atom is -0.497 e. The normalized spacial score (nSPS) is 13.4. The summed E-state index contributed by atoms with van der Waals surface area (Å²) in [7, 11) is 1.64. The molecule has 2 aromatic rings. The van der Waals surface area contributed by atoms with Crippen LogP contribution in [-0.4, -0.2) is 19.8 Å². The number of nitrogens with one attached hydrogen (secondary N) is 1. The van der Waals surface area contributed by atoms with Gasteiger partial charge in [-0.3, -0.25) is 4.79 Å². The predicted molar refractivity (Wildman–Crippen MR) is 95.1 cm³/mol. The second-order valence-electron chi connectivity index (χ2n) is 5.99. The summed E-state index contributed by atoms with van der Waals surface area (Å²) >= 11 is 0. The topological polar surface area (TPSA) is 56.8 Å². The van der Waals surface area contributed by atoms with E-state index in [4.69, 9.17) is 14.2 Å². The first kappa shape index (κ1) is 17.1. The van der Waals surface area contributed by atoms with Crippen molar-refractivity contribution < 1.29 is 19.0 Å². The van der Waals surface area contributed by atoms with Crippen LogP contribution in [0.5, 0.6) is 17.2 Å². The van der Waals surface area contributed by atoms with Gasteiger partial charge in [0, 0.05) is 6.42 Å². The van der Waals surface area contributed by atoms with E-state index in [1.807, 2.05) is 42.5 Å². The van der Waals surface area contributed by atoms with Crippen molar-refractivity contribution >= 4 is 5.91 Å². The van der Waals surface area contributed by atoms with E-state index in [0.29, 0.717) is 12.8 Å². The molecule has 132 valence electrons. The highest BCUT2D eigenvalue weighted by molar-refractivity contribution is 5.76. The van der Waals surface area contributed by atoms with Crippen LogP contribution in [0.4, 0.5) is 0 Å². The Hall–Kier alpha value is -2.69. The van der Waals surface area contributed by atoms with Crippen molar-refractivity contribution in [3.63, 3.8) is 0 Å². The maximum Gasteiger partial charge on any atom is 0.231 e. The largest absolute Gasteiger partial charge is 0.497 e. The number of hydrogen-bond donors (Lipinski definition) is 1. The summed E-state index contributed by atoms with van der Waals surface area (Å²) in [4.78, 5) is 12.3. The zero-order chi connectivity index (χ0) is 17.6. The molecule has 5 nitrogen and oxygen atoms in total. The van der Waals surface area contributed by atoms with Gasteiger partial charge in [0.25, 0.3) is 0 Å². The lowest BCUT2D eigenvalue weighted by molar-refractivity contribution is -0.121. The molecule has 1 heterocycles. The third-order valence-electron chi connectivity index (χ3n) is 4.34. The lowest BCUT2D eigenvalue weighted by Gasteiger charge is -2.18. The molecule has 0 radical (unpaired) electrons. The molecular weight excluding hydrogens is 318 g/mol. The average molecular weight is 341 g/mol. The van der Waals surface area contributed by atoms with Gasteiger partial charge in [0.15, 0.2) is 11.5 Å². The van der Waals surface area contributed by atoms with Crippen molar-refractivity contribution in [1.82, 2.24) is 5.32 Å². The highest BCUT2D eigenvalue weighted by atomic mass is 16.7. The van der Waals surface area contributed by atoms with Gasteiger partial charge in [-0.05, 0) is 48.2 Å². The molecule has 1 atom stereocenters. The van der Waals surface area contributed by atoms with Crippen LogP contribution in [0.3, 0.4) is 0 Å². The van der Waals surface area contributed by atoms with Crippen LogP contribution >= 0.6 is 0 Å². The summed E-state index contributed by atoms with van der Waals surface area (Å²) in [6.07, 6.45) is 1.94. The first-order valence-electron chi connectivity index (χ1n) is 8.51. The Morgan fingerprint density at radius 2 is 1.92 bits per heavy atom. The number of benzene rings is 2. The second-order valence-corrected chi connectivity index (χ2v) is 5.99. The van der Waals surface area contributed by atoms with Crippen molar-refractivity contribution in [2.24, 2.45) is 0 Å². The smallest absolute Gasteiger partial charge is 0.231 e. The maximum absolute atomic E-state index is 12.3. The third kappa shape index (κ3) is 4.24. The molecule has 0 saturated carbocycles. The van der Waals surface area contributed by atoms with Crippen LogP contribution < -0.4 is 19.5 Å². The molecule has 1 aliphatic rings. The Kier molecular flexibility index (Phi) is 5.43. The van der Waals surface area contributed by atoms with Crippen molar-refractivity contribution in [3.05, 3.63) is 53.6 Å². The Morgan fingerprint density at radius 1 is 1.16 bits per heavy atom. The molecule has 1 aliphatic heterocycles. The quantitative estimate of drug-likeness (QED) is 0.836. The van der Waals surface area contributed by atoms with Crippen molar-refractivity contribution in [1.29, 1.82) is 0 Å². The number of amides is 1. The van der Waals surface area contributed by atoms with Gasteiger partial charge in [-0.25, -0.2) is 0 Å². The van der Waals surface area contributed by atoms with E-state index in [1.54, 1.807) is 7.11 Å². The molecule has 0 aromatic heterocycles. The van der Waals surface area contributed by atoms with Crippen LogP contribution in [0.15, 0.2) is 42.5 Å². The van der Waals surface area contributed by atoms with E-state index in [-0.39, 0.29) is 18.7 Å². The third-order valence-corrected chi connectivity index (χ3v) is 4.34. The van der Waals surface area contributed by atoms with Crippen molar-refractivity contribution in [2.45, 2.75) is 32.2 Å². The van der Waals surface area contributed by atoms with Gasteiger partial charge in [0.05, 0.1) is 13.2 Å². The van der Waals surface area contributed by atoms with E-state index < -0.39 is 0 Å².